The molecule has 3 aromatic carbocycles. The maximum Gasteiger partial charge on any atom is 0.273 e. The van der Waals surface area contributed by atoms with Crippen LogP contribution in [0.4, 0.5) is 0 Å². The quantitative estimate of drug-likeness (QED) is 0.285. The van der Waals surface area contributed by atoms with Crippen molar-refractivity contribution in [2.24, 2.45) is 0 Å². The highest BCUT2D eigenvalue weighted by Gasteiger charge is 2.17. The molecule has 0 bridgehead atoms. The fourth-order valence-electron chi connectivity index (χ4n) is 4.04. The highest BCUT2D eigenvalue weighted by molar-refractivity contribution is 7.07. The van der Waals surface area contributed by atoms with E-state index >= 15 is 0 Å². The predicted octanol–water partition coefficient (Wildman–Crippen LogP) is 3.83. The van der Waals surface area contributed by atoms with Crippen LogP contribution in [-0.4, -0.2) is 30.2 Å². The summed E-state index contributed by atoms with van der Waals surface area (Å²) in [5, 5.41) is 12.8. The zero-order valence-corrected chi connectivity index (χ0v) is 23.4. The molecule has 40 heavy (non-hydrogen) atoms. The Morgan fingerprint density at radius 1 is 1.05 bits per heavy atom. The molecule has 8 heteroatoms. The number of ether oxygens (including phenoxy) is 2. The van der Waals surface area contributed by atoms with Crippen molar-refractivity contribution in [2.45, 2.75) is 26.9 Å². The van der Waals surface area contributed by atoms with E-state index in [1.165, 1.54) is 4.57 Å². The average Bonchev–Trinajstić information content (AvgIpc) is 3.28. The number of carbonyl (C=O) groups is 1. The molecule has 0 unspecified atom stereocenters. The molecule has 4 aromatic rings. The normalized spacial score (nSPS) is 12.1. The first kappa shape index (κ1) is 28.6. The van der Waals surface area contributed by atoms with Gasteiger partial charge in [0.25, 0.3) is 11.5 Å². The molecule has 0 aliphatic rings. The number of hydrogen-bond acceptors (Lipinski definition) is 6. The summed E-state index contributed by atoms with van der Waals surface area (Å²) in [4.78, 5) is 26.7. The van der Waals surface area contributed by atoms with Crippen molar-refractivity contribution < 1.29 is 14.3 Å². The molecule has 0 fully saturated rings. The lowest BCUT2D eigenvalue weighted by Gasteiger charge is -2.08. The molecular weight excluding hydrogens is 522 g/mol. The van der Waals surface area contributed by atoms with Gasteiger partial charge in [0, 0.05) is 19.8 Å². The molecule has 1 heterocycles. The van der Waals surface area contributed by atoms with E-state index < -0.39 is 5.91 Å². The molecule has 4 rings (SSSR count). The van der Waals surface area contributed by atoms with E-state index in [9.17, 15) is 14.9 Å². The van der Waals surface area contributed by atoms with E-state index in [2.05, 4.69) is 5.32 Å². The van der Waals surface area contributed by atoms with Crippen LogP contribution in [0.2, 0.25) is 0 Å². The molecule has 0 saturated heterocycles. The topological polar surface area (TPSA) is 93.3 Å². The Morgan fingerprint density at radius 3 is 2.48 bits per heavy atom. The zero-order valence-electron chi connectivity index (χ0n) is 22.6. The molecule has 0 aliphatic heterocycles. The van der Waals surface area contributed by atoms with Crippen molar-refractivity contribution in [3.63, 3.8) is 0 Å². The number of rotatable bonds is 11. The molecule has 0 spiro atoms. The Hall–Kier alpha value is -4.45. The van der Waals surface area contributed by atoms with Crippen LogP contribution in [0.5, 0.6) is 5.75 Å². The van der Waals surface area contributed by atoms with Crippen molar-refractivity contribution in [3.8, 4) is 17.5 Å². The van der Waals surface area contributed by atoms with Gasteiger partial charge in [0.05, 0.1) is 10.2 Å². The Labute approximate surface area is 237 Å². The fourth-order valence-corrected chi connectivity index (χ4v) is 5.14. The van der Waals surface area contributed by atoms with Gasteiger partial charge in [-0.25, -0.2) is 0 Å². The van der Waals surface area contributed by atoms with Gasteiger partial charge in [-0.05, 0) is 61.2 Å². The summed E-state index contributed by atoms with van der Waals surface area (Å²) in [7, 11) is 0. The first-order valence-corrected chi connectivity index (χ1v) is 13.9. The number of carbonyl (C=O) groups excluding carboxylic acids is 1. The largest absolute Gasteiger partial charge is 0.489 e. The number of para-hydroxylation sites is 1. The number of aromatic nitrogens is 1. The van der Waals surface area contributed by atoms with Crippen molar-refractivity contribution in [1.82, 2.24) is 9.88 Å². The minimum absolute atomic E-state index is 0.105. The number of thiazole rings is 1. The summed E-state index contributed by atoms with van der Waals surface area (Å²) in [6.07, 6.45) is 2.39. The smallest absolute Gasteiger partial charge is 0.273 e. The fraction of sp³-hybridized carbons (Fsp3) is 0.219. The first-order chi connectivity index (χ1) is 19.5. The Kier molecular flexibility index (Phi) is 10.1. The monoisotopic (exact) mass is 553 g/mol. The highest BCUT2D eigenvalue weighted by atomic mass is 32.1. The Morgan fingerprint density at radius 2 is 1.77 bits per heavy atom. The molecule has 7 nitrogen and oxygen atoms in total. The van der Waals surface area contributed by atoms with Crippen molar-refractivity contribution in [3.05, 3.63) is 115 Å². The SMILES string of the molecule is CCOCCCNC(=O)/C(C#N)=c1\s/c(=C\c2ccc(OCc3ccccc3)cc2)c(=O)n1-c1ccccc1C. The van der Waals surface area contributed by atoms with Crippen LogP contribution in [0, 0.1) is 18.3 Å². The average molecular weight is 554 g/mol. The summed E-state index contributed by atoms with van der Waals surface area (Å²) in [6.45, 7) is 5.73. The molecule has 1 amide bonds. The Balaban J connectivity index is 1.70. The van der Waals surface area contributed by atoms with Crippen LogP contribution >= 0.6 is 11.3 Å². The molecule has 0 aliphatic carbocycles. The summed E-state index contributed by atoms with van der Waals surface area (Å²) in [5.74, 6) is 0.195. The van der Waals surface area contributed by atoms with Crippen LogP contribution in [0.3, 0.4) is 0 Å². The number of nitrogens with one attached hydrogen (secondary N) is 1. The van der Waals surface area contributed by atoms with Crippen LogP contribution in [-0.2, 0) is 16.1 Å². The van der Waals surface area contributed by atoms with E-state index in [0.29, 0.717) is 48.8 Å². The summed E-state index contributed by atoms with van der Waals surface area (Å²) >= 11 is 1.12. The predicted molar refractivity (Wildman–Crippen MR) is 158 cm³/mol. The van der Waals surface area contributed by atoms with Gasteiger partial charge in [-0.15, -0.1) is 11.3 Å². The van der Waals surface area contributed by atoms with Crippen LogP contribution in [0.1, 0.15) is 30.0 Å². The number of benzene rings is 3. The summed E-state index contributed by atoms with van der Waals surface area (Å²) < 4.78 is 13.3. The molecule has 0 saturated carbocycles. The molecule has 0 atom stereocenters. The first-order valence-electron chi connectivity index (χ1n) is 13.1. The minimum Gasteiger partial charge on any atom is -0.489 e. The van der Waals surface area contributed by atoms with E-state index in [4.69, 9.17) is 9.47 Å². The molecule has 0 radical (unpaired) electrons. The third kappa shape index (κ3) is 7.14. The molecule has 204 valence electrons. The summed E-state index contributed by atoms with van der Waals surface area (Å²) in [5.41, 5.74) is 2.95. The number of hydrogen-bond donors (Lipinski definition) is 1. The molecular formula is C32H31N3O4S. The van der Waals surface area contributed by atoms with Crippen LogP contribution < -0.4 is 24.8 Å². The van der Waals surface area contributed by atoms with Crippen molar-refractivity contribution in [1.29, 1.82) is 5.26 Å². The minimum atomic E-state index is -0.519. The number of nitrogens with zero attached hydrogens (tertiary/aromatic N) is 2. The second-order valence-corrected chi connectivity index (χ2v) is 10.0. The number of aryl methyl sites for hydroxylation is 1. The standard InChI is InChI=1S/C32H31N3O4S/c1-3-38-19-9-18-34-30(36)27(21-33)32-35(28-13-8-7-10-23(28)2)31(37)29(40-32)20-24-14-16-26(17-15-24)39-22-25-11-5-4-6-12-25/h4-8,10-17,20H,3,9,18-19,22H2,1-2H3,(H,34,36)/b29-20-,32-27-. The third-order valence-corrected chi connectivity index (χ3v) is 7.21. The van der Waals surface area contributed by atoms with Crippen molar-refractivity contribution >= 4 is 28.9 Å². The second-order valence-electron chi connectivity index (χ2n) is 8.98. The number of amides is 1. The molecule has 1 N–H and O–H groups in total. The van der Waals surface area contributed by atoms with E-state index in [-0.39, 0.29) is 15.8 Å². The number of nitriles is 1. The zero-order chi connectivity index (χ0) is 28.3. The van der Waals surface area contributed by atoms with E-state index in [1.807, 2.05) is 98.8 Å². The summed E-state index contributed by atoms with van der Waals surface area (Å²) in [6, 6.07) is 26.8. The van der Waals surface area contributed by atoms with Gasteiger partial charge in [-0.1, -0.05) is 60.7 Å². The Bertz CT molecular complexity index is 1670. The lowest BCUT2D eigenvalue weighted by Crippen LogP contribution is -2.34. The highest BCUT2D eigenvalue weighted by Crippen LogP contribution is 2.15. The lowest BCUT2D eigenvalue weighted by atomic mass is 10.2. The lowest BCUT2D eigenvalue weighted by molar-refractivity contribution is -0.115. The molecule has 1 aromatic heterocycles. The van der Waals surface area contributed by atoms with E-state index in [1.54, 1.807) is 6.08 Å². The van der Waals surface area contributed by atoms with E-state index in [0.717, 1.165) is 28.0 Å². The maximum atomic E-state index is 13.7. The van der Waals surface area contributed by atoms with Gasteiger partial charge in [0.1, 0.15) is 23.1 Å². The second kappa shape index (κ2) is 14.1. The van der Waals surface area contributed by atoms with Gasteiger partial charge < -0.3 is 14.8 Å². The van der Waals surface area contributed by atoms with Gasteiger partial charge >= 0.3 is 0 Å². The third-order valence-electron chi connectivity index (χ3n) is 6.11. The van der Waals surface area contributed by atoms with Gasteiger partial charge in [-0.2, -0.15) is 5.26 Å². The maximum absolute atomic E-state index is 13.7. The van der Waals surface area contributed by atoms with Crippen LogP contribution in [0.25, 0.3) is 17.3 Å². The van der Waals surface area contributed by atoms with Crippen molar-refractivity contribution in [2.75, 3.05) is 19.8 Å². The van der Waals surface area contributed by atoms with Crippen LogP contribution in [0.15, 0.2) is 83.7 Å². The van der Waals surface area contributed by atoms with Gasteiger partial charge in [0.15, 0.2) is 5.57 Å². The van der Waals surface area contributed by atoms with Gasteiger partial charge in [0.2, 0.25) is 0 Å². The van der Waals surface area contributed by atoms with Gasteiger partial charge in [-0.3, -0.25) is 14.2 Å².